The van der Waals surface area contributed by atoms with E-state index in [1.54, 1.807) is 63.8 Å². The minimum absolute atomic E-state index is 0.0940. The second-order valence-corrected chi connectivity index (χ2v) is 5.85. The van der Waals surface area contributed by atoms with Gasteiger partial charge in [0.05, 0.1) is 27.4 Å². The number of allylic oxidation sites excluding steroid dienone is 1. The van der Waals surface area contributed by atoms with Crippen LogP contribution in [0.5, 0.6) is 23.0 Å². The van der Waals surface area contributed by atoms with Gasteiger partial charge in [-0.3, -0.25) is 4.79 Å². The van der Waals surface area contributed by atoms with Crippen molar-refractivity contribution in [1.82, 2.24) is 0 Å². The lowest BCUT2D eigenvalue weighted by Crippen LogP contribution is -2.05. The maximum Gasteiger partial charge on any atom is 0.203 e. The highest BCUT2D eigenvalue weighted by Crippen LogP contribution is 2.38. The van der Waals surface area contributed by atoms with Crippen molar-refractivity contribution in [3.63, 3.8) is 0 Å². The van der Waals surface area contributed by atoms with Gasteiger partial charge in [-0.25, -0.2) is 0 Å². The summed E-state index contributed by atoms with van der Waals surface area (Å²) in [5, 5.41) is 0. The topological polar surface area (TPSA) is 54.0 Å². The van der Waals surface area contributed by atoms with Crippen LogP contribution >= 0.6 is 0 Å². The van der Waals surface area contributed by atoms with Crippen molar-refractivity contribution in [2.45, 2.75) is 20.0 Å². The smallest absolute Gasteiger partial charge is 0.203 e. The van der Waals surface area contributed by atoms with E-state index in [-0.39, 0.29) is 11.9 Å². The van der Waals surface area contributed by atoms with Crippen molar-refractivity contribution in [2.75, 3.05) is 21.3 Å². The molecule has 0 aliphatic heterocycles. The Morgan fingerprint density at radius 2 is 1.50 bits per heavy atom. The van der Waals surface area contributed by atoms with E-state index in [9.17, 15) is 4.79 Å². The number of ketones is 1. The molecule has 0 fully saturated rings. The van der Waals surface area contributed by atoms with E-state index in [0.717, 1.165) is 11.3 Å². The Kier molecular flexibility index (Phi) is 6.67. The molecule has 26 heavy (non-hydrogen) atoms. The zero-order valence-corrected chi connectivity index (χ0v) is 15.7. The van der Waals surface area contributed by atoms with Gasteiger partial charge < -0.3 is 18.9 Å². The standard InChI is InChI=1S/C21H24O5/c1-14(2)26-17-9-7-16(8-10-17)18(22)11-6-15-12-19(23-3)21(25-5)20(13-15)24-4/h6-14H,1-5H3/b11-6+. The molecule has 0 aromatic heterocycles. The lowest BCUT2D eigenvalue weighted by atomic mass is 10.1. The first-order valence-electron chi connectivity index (χ1n) is 8.27. The fourth-order valence-electron chi connectivity index (χ4n) is 2.44. The number of benzene rings is 2. The summed E-state index contributed by atoms with van der Waals surface area (Å²) in [6.45, 7) is 3.92. The molecule has 2 aromatic rings. The van der Waals surface area contributed by atoms with Crippen LogP contribution in [0.4, 0.5) is 0 Å². The fraction of sp³-hybridized carbons (Fsp3) is 0.286. The van der Waals surface area contributed by atoms with Crippen molar-refractivity contribution in [3.8, 4) is 23.0 Å². The molecule has 5 heteroatoms. The summed E-state index contributed by atoms with van der Waals surface area (Å²) in [6.07, 6.45) is 3.32. The first-order valence-corrected chi connectivity index (χ1v) is 8.27. The van der Waals surface area contributed by atoms with E-state index in [1.807, 2.05) is 13.8 Å². The molecule has 0 aliphatic carbocycles. The first-order chi connectivity index (χ1) is 12.5. The van der Waals surface area contributed by atoms with Gasteiger partial charge in [0.15, 0.2) is 17.3 Å². The summed E-state index contributed by atoms with van der Waals surface area (Å²) >= 11 is 0. The van der Waals surface area contributed by atoms with Gasteiger partial charge in [-0.2, -0.15) is 0 Å². The summed E-state index contributed by atoms with van der Waals surface area (Å²) in [5.74, 6) is 2.22. The molecule has 2 aromatic carbocycles. The molecule has 138 valence electrons. The predicted molar refractivity (Wildman–Crippen MR) is 102 cm³/mol. The lowest BCUT2D eigenvalue weighted by molar-refractivity contribution is 0.104. The largest absolute Gasteiger partial charge is 0.493 e. The minimum Gasteiger partial charge on any atom is -0.493 e. The summed E-state index contributed by atoms with van der Waals surface area (Å²) in [5.41, 5.74) is 1.36. The summed E-state index contributed by atoms with van der Waals surface area (Å²) in [4.78, 5) is 12.4. The van der Waals surface area contributed by atoms with Gasteiger partial charge in [0.25, 0.3) is 0 Å². The van der Waals surface area contributed by atoms with Gasteiger partial charge in [-0.15, -0.1) is 0 Å². The van der Waals surface area contributed by atoms with E-state index < -0.39 is 0 Å². The number of hydrogen-bond donors (Lipinski definition) is 0. The summed E-state index contributed by atoms with van der Waals surface area (Å²) < 4.78 is 21.5. The highest BCUT2D eigenvalue weighted by molar-refractivity contribution is 6.06. The van der Waals surface area contributed by atoms with Gasteiger partial charge >= 0.3 is 0 Å². The molecule has 0 saturated carbocycles. The van der Waals surface area contributed by atoms with Gasteiger partial charge in [-0.1, -0.05) is 6.08 Å². The molecule has 0 radical (unpaired) electrons. The molecule has 5 nitrogen and oxygen atoms in total. The average molecular weight is 356 g/mol. The lowest BCUT2D eigenvalue weighted by Gasteiger charge is -2.12. The maximum absolute atomic E-state index is 12.4. The molecular weight excluding hydrogens is 332 g/mol. The molecule has 0 unspecified atom stereocenters. The van der Waals surface area contributed by atoms with Crippen LogP contribution in [0.25, 0.3) is 6.08 Å². The third-order valence-corrected chi connectivity index (χ3v) is 3.62. The molecule has 0 heterocycles. The quantitative estimate of drug-likeness (QED) is 0.518. The van der Waals surface area contributed by atoms with Crippen molar-refractivity contribution < 1.29 is 23.7 Å². The molecule has 0 N–H and O–H groups in total. The Hall–Kier alpha value is -2.95. The van der Waals surface area contributed by atoms with Gasteiger partial charge in [0.1, 0.15) is 5.75 Å². The Morgan fingerprint density at radius 1 is 0.923 bits per heavy atom. The molecule has 0 amide bonds. The van der Waals surface area contributed by atoms with Crippen LogP contribution in [-0.4, -0.2) is 33.2 Å². The third kappa shape index (κ3) is 4.79. The highest BCUT2D eigenvalue weighted by atomic mass is 16.5. The Balaban J connectivity index is 2.19. The highest BCUT2D eigenvalue weighted by Gasteiger charge is 2.12. The predicted octanol–water partition coefficient (Wildman–Crippen LogP) is 4.40. The van der Waals surface area contributed by atoms with E-state index in [0.29, 0.717) is 22.8 Å². The molecule has 0 spiro atoms. The van der Waals surface area contributed by atoms with Crippen LogP contribution in [0.2, 0.25) is 0 Å². The number of carbonyl (C=O) groups is 1. The molecule has 2 rings (SSSR count). The zero-order chi connectivity index (χ0) is 19.1. The van der Waals surface area contributed by atoms with Crippen LogP contribution in [0.3, 0.4) is 0 Å². The van der Waals surface area contributed by atoms with E-state index in [1.165, 1.54) is 6.08 Å². The number of methoxy groups -OCH3 is 3. The minimum atomic E-state index is -0.102. The third-order valence-electron chi connectivity index (χ3n) is 3.62. The fourth-order valence-corrected chi connectivity index (χ4v) is 2.44. The van der Waals surface area contributed by atoms with Gasteiger partial charge in [-0.05, 0) is 61.9 Å². The van der Waals surface area contributed by atoms with Gasteiger partial charge in [0, 0.05) is 5.56 Å². The SMILES string of the molecule is COc1cc(/C=C/C(=O)c2ccc(OC(C)C)cc2)cc(OC)c1OC. The Labute approximate surface area is 154 Å². The second-order valence-electron chi connectivity index (χ2n) is 5.85. The van der Waals surface area contributed by atoms with Crippen molar-refractivity contribution >= 4 is 11.9 Å². The molecular formula is C21H24O5. The van der Waals surface area contributed by atoms with Crippen molar-refractivity contribution in [3.05, 3.63) is 53.6 Å². The number of carbonyl (C=O) groups excluding carboxylic acids is 1. The second kappa shape index (κ2) is 8.94. The molecule has 0 bridgehead atoms. The molecule has 0 aliphatic rings. The number of hydrogen-bond acceptors (Lipinski definition) is 5. The van der Waals surface area contributed by atoms with Crippen LogP contribution in [0.15, 0.2) is 42.5 Å². The van der Waals surface area contributed by atoms with Crippen LogP contribution in [-0.2, 0) is 0 Å². The van der Waals surface area contributed by atoms with Crippen molar-refractivity contribution in [2.24, 2.45) is 0 Å². The van der Waals surface area contributed by atoms with E-state index in [2.05, 4.69) is 0 Å². The maximum atomic E-state index is 12.4. The van der Waals surface area contributed by atoms with Crippen LogP contribution in [0.1, 0.15) is 29.8 Å². The Bertz CT molecular complexity index is 750. The Morgan fingerprint density at radius 3 is 1.96 bits per heavy atom. The molecule has 0 atom stereocenters. The van der Waals surface area contributed by atoms with Crippen molar-refractivity contribution in [1.29, 1.82) is 0 Å². The monoisotopic (exact) mass is 356 g/mol. The summed E-state index contributed by atoms with van der Waals surface area (Å²) in [6, 6.07) is 10.6. The number of ether oxygens (including phenoxy) is 4. The van der Waals surface area contributed by atoms with Gasteiger partial charge in [0.2, 0.25) is 5.75 Å². The van der Waals surface area contributed by atoms with Crippen LogP contribution < -0.4 is 18.9 Å². The van der Waals surface area contributed by atoms with Crippen LogP contribution in [0, 0.1) is 0 Å². The first kappa shape index (κ1) is 19.4. The zero-order valence-electron chi connectivity index (χ0n) is 15.7. The molecule has 0 saturated heterocycles. The summed E-state index contributed by atoms with van der Waals surface area (Å²) in [7, 11) is 4.65. The average Bonchev–Trinajstić information content (AvgIpc) is 2.65. The van der Waals surface area contributed by atoms with E-state index >= 15 is 0 Å². The normalized spacial score (nSPS) is 10.8. The number of rotatable bonds is 8. The van der Waals surface area contributed by atoms with E-state index in [4.69, 9.17) is 18.9 Å².